The molecule has 1 saturated heterocycles. The zero-order valence-electron chi connectivity index (χ0n) is 9.36. The molecule has 0 saturated carbocycles. The Morgan fingerprint density at radius 3 is 3.20 bits per heavy atom. The monoisotopic (exact) mass is 224 g/mol. The molecule has 3 heteroatoms. The van der Waals surface area contributed by atoms with E-state index in [9.17, 15) is 0 Å². The summed E-state index contributed by atoms with van der Waals surface area (Å²) in [6.07, 6.45) is 3.63. The van der Waals surface area contributed by atoms with Gasteiger partial charge in [0.25, 0.3) is 0 Å². The lowest BCUT2D eigenvalue weighted by Gasteiger charge is -2.35. The molecule has 1 aliphatic heterocycles. The van der Waals surface area contributed by atoms with Crippen LogP contribution in [0.4, 0.5) is 0 Å². The van der Waals surface area contributed by atoms with Crippen molar-refractivity contribution in [2.24, 2.45) is 5.73 Å². The Balaban J connectivity index is 1.87. The number of hydrogen-bond acceptors (Lipinski definition) is 3. The van der Waals surface area contributed by atoms with Crippen molar-refractivity contribution >= 4 is 11.3 Å². The van der Waals surface area contributed by atoms with Gasteiger partial charge in [-0.25, -0.2) is 0 Å². The fourth-order valence-corrected chi connectivity index (χ4v) is 3.12. The number of rotatable bonds is 3. The average molecular weight is 224 g/mol. The van der Waals surface area contributed by atoms with Crippen LogP contribution < -0.4 is 5.73 Å². The predicted octanol–water partition coefficient (Wildman–Crippen LogP) is 2.10. The van der Waals surface area contributed by atoms with Crippen LogP contribution >= 0.6 is 11.3 Å². The molecule has 2 N–H and O–H groups in total. The van der Waals surface area contributed by atoms with Crippen LogP contribution in [0.2, 0.25) is 0 Å². The van der Waals surface area contributed by atoms with Crippen molar-refractivity contribution < 1.29 is 0 Å². The van der Waals surface area contributed by atoms with Gasteiger partial charge in [0.2, 0.25) is 0 Å². The first kappa shape index (κ1) is 11.1. The van der Waals surface area contributed by atoms with Gasteiger partial charge in [-0.3, -0.25) is 4.90 Å². The summed E-state index contributed by atoms with van der Waals surface area (Å²) in [7, 11) is 0. The highest BCUT2D eigenvalue weighted by atomic mass is 32.1. The maximum atomic E-state index is 6.00. The van der Waals surface area contributed by atoms with Crippen molar-refractivity contribution in [3.05, 3.63) is 22.4 Å². The van der Waals surface area contributed by atoms with E-state index in [4.69, 9.17) is 5.73 Å². The molecule has 1 aromatic rings. The lowest BCUT2D eigenvalue weighted by molar-refractivity contribution is 0.159. The number of piperidine rings is 1. The Bertz CT molecular complexity index is 284. The minimum absolute atomic E-state index is 0.393. The molecule has 0 aliphatic carbocycles. The maximum Gasteiger partial charge on any atom is 0.0168 e. The second kappa shape index (κ2) is 5.10. The smallest absolute Gasteiger partial charge is 0.0168 e. The van der Waals surface area contributed by atoms with E-state index < -0.39 is 0 Å². The molecule has 0 bridgehead atoms. The van der Waals surface area contributed by atoms with Gasteiger partial charge in [0.1, 0.15) is 0 Å². The quantitative estimate of drug-likeness (QED) is 0.852. The average Bonchev–Trinajstić information content (AvgIpc) is 2.70. The first-order valence-electron chi connectivity index (χ1n) is 5.77. The Morgan fingerprint density at radius 1 is 1.67 bits per heavy atom. The lowest BCUT2D eigenvalue weighted by atomic mass is 10.0. The highest BCUT2D eigenvalue weighted by Crippen LogP contribution is 2.17. The summed E-state index contributed by atoms with van der Waals surface area (Å²) in [5.41, 5.74) is 6.00. The topological polar surface area (TPSA) is 29.3 Å². The fourth-order valence-electron chi connectivity index (χ4n) is 2.29. The summed E-state index contributed by atoms with van der Waals surface area (Å²) in [6.45, 7) is 4.62. The Labute approximate surface area is 96.1 Å². The Hall–Kier alpha value is -0.380. The van der Waals surface area contributed by atoms with Crippen LogP contribution in [-0.4, -0.2) is 30.1 Å². The van der Waals surface area contributed by atoms with E-state index in [1.807, 2.05) is 11.3 Å². The molecular formula is C12H20N2S. The van der Waals surface area contributed by atoms with Gasteiger partial charge in [-0.2, -0.15) is 0 Å². The minimum atomic E-state index is 0.393. The van der Waals surface area contributed by atoms with Gasteiger partial charge >= 0.3 is 0 Å². The third kappa shape index (κ3) is 3.03. The molecule has 0 amide bonds. The van der Waals surface area contributed by atoms with Gasteiger partial charge < -0.3 is 5.73 Å². The van der Waals surface area contributed by atoms with E-state index in [0.29, 0.717) is 12.1 Å². The van der Waals surface area contributed by atoms with Crippen LogP contribution in [0.3, 0.4) is 0 Å². The van der Waals surface area contributed by atoms with Crippen molar-refractivity contribution in [1.82, 2.24) is 4.90 Å². The third-order valence-electron chi connectivity index (χ3n) is 3.19. The highest BCUT2D eigenvalue weighted by Gasteiger charge is 2.21. The lowest BCUT2D eigenvalue weighted by Crippen LogP contribution is -2.47. The molecule has 2 unspecified atom stereocenters. The second-order valence-corrected chi connectivity index (χ2v) is 5.56. The number of nitrogens with zero attached hydrogens (tertiary/aromatic N) is 1. The van der Waals surface area contributed by atoms with Crippen LogP contribution in [0.5, 0.6) is 0 Å². The van der Waals surface area contributed by atoms with Crippen molar-refractivity contribution in [3.8, 4) is 0 Å². The SMILES string of the molecule is CC(Cc1cccs1)N1CCCC(N)C1. The molecule has 1 fully saturated rings. The molecule has 84 valence electrons. The third-order valence-corrected chi connectivity index (χ3v) is 4.09. The zero-order chi connectivity index (χ0) is 10.7. The second-order valence-electron chi connectivity index (χ2n) is 4.53. The fraction of sp³-hybridized carbons (Fsp3) is 0.667. The van der Waals surface area contributed by atoms with E-state index >= 15 is 0 Å². The maximum absolute atomic E-state index is 6.00. The number of thiophene rings is 1. The van der Waals surface area contributed by atoms with Gasteiger partial charge in [0.15, 0.2) is 0 Å². The molecule has 2 heterocycles. The minimum Gasteiger partial charge on any atom is -0.327 e. The Kier molecular flexibility index (Phi) is 3.78. The van der Waals surface area contributed by atoms with Gasteiger partial charge in [0, 0.05) is 23.5 Å². The molecule has 2 atom stereocenters. The van der Waals surface area contributed by atoms with Crippen molar-refractivity contribution in [2.75, 3.05) is 13.1 Å². The van der Waals surface area contributed by atoms with Gasteiger partial charge in [-0.15, -0.1) is 11.3 Å². The van der Waals surface area contributed by atoms with Crippen molar-refractivity contribution in [2.45, 2.75) is 38.3 Å². The molecule has 0 aromatic carbocycles. The van der Waals surface area contributed by atoms with Gasteiger partial charge in [-0.05, 0) is 44.2 Å². The summed E-state index contributed by atoms with van der Waals surface area (Å²) in [6, 6.07) is 5.39. The van der Waals surface area contributed by atoms with E-state index in [0.717, 1.165) is 6.54 Å². The van der Waals surface area contributed by atoms with E-state index in [-0.39, 0.29) is 0 Å². The standard InChI is InChI=1S/C12H20N2S/c1-10(8-12-5-3-7-15-12)14-6-2-4-11(13)9-14/h3,5,7,10-11H,2,4,6,8-9,13H2,1H3. The molecule has 2 rings (SSSR count). The summed E-state index contributed by atoms with van der Waals surface area (Å²) in [5.74, 6) is 0. The summed E-state index contributed by atoms with van der Waals surface area (Å²) in [4.78, 5) is 4.02. The first-order valence-corrected chi connectivity index (χ1v) is 6.65. The van der Waals surface area contributed by atoms with Gasteiger partial charge in [0.05, 0.1) is 0 Å². The van der Waals surface area contributed by atoms with Crippen LogP contribution in [-0.2, 0) is 6.42 Å². The number of likely N-dealkylation sites (tertiary alicyclic amines) is 1. The molecule has 15 heavy (non-hydrogen) atoms. The van der Waals surface area contributed by atoms with E-state index in [1.165, 1.54) is 30.7 Å². The van der Waals surface area contributed by atoms with Crippen molar-refractivity contribution in [3.63, 3.8) is 0 Å². The Morgan fingerprint density at radius 2 is 2.53 bits per heavy atom. The van der Waals surface area contributed by atoms with Crippen LogP contribution in [0.15, 0.2) is 17.5 Å². The van der Waals surface area contributed by atoms with Crippen LogP contribution in [0, 0.1) is 0 Å². The van der Waals surface area contributed by atoms with Gasteiger partial charge in [-0.1, -0.05) is 6.07 Å². The predicted molar refractivity (Wildman–Crippen MR) is 66.3 cm³/mol. The van der Waals surface area contributed by atoms with E-state index in [1.54, 1.807) is 0 Å². The summed E-state index contributed by atoms with van der Waals surface area (Å²) < 4.78 is 0. The molecular weight excluding hydrogens is 204 g/mol. The highest BCUT2D eigenvalue weighted by molar-refractivity contribution is 7.09. The normalized spacial score (nSPS) is 25.3. The van der Waals surface area contributed by atoms with E-state index in [2.05, 4.69) is 29.3 Å². The largest absolute Gasteiger partial charge is 0.327 e. The molecule has 1 aliphatic rings. The molecule has 2 nitrogen and oxygen atoms in total. The van der Waals surface area contributed by atoms with Crippen LogP contribution in [0.25, 0.3) is 0 Å². The molecule has 0 spiro atoms. The zero-order valence-corrected chi connectivity index (χ0v) is 10.2. The number of hydrogen-bond donors (Lipinski definition) is 1. The molecule has 1 aromatic heterocycles. The van der Waals surface area contributed by atoms with Crippen LogP contribution in [0.1, 0.15) is 24.6 Å². The number of nitrogens with two attached hydrogens (primary N) is 1. The summed E-state index contributed by atoms with van der Waals surface area (Å²) >= 11 is 1.86. The first-order chi connectivity index (χ1) is 7.25. The molecule has 0 radical (unpaired) electrons. The summed E-state index contributed by atoms with van der Waals surface area (Å²) in [5, 5.41) is 2.16. The van der Waals surface area contributed by atoms with Crippen molar-refractivity contribution in [1.29, 1.82) is 0 Å².